The van der Waals surface area contributed by atoms with Crippen molar-refractivity contribution in [2.75, 3.05) is 32.8 Å². The summed E-state index contributed by atoms with van der Waals surface area (Å²) in [7, 11) is 0. The Morgan fingerprint density at radius 3 is 2.85 bits per heavy atom. The number of likely N-dealkylation sites (tertiary alicyclic amines) is 1. The van der Waals surface area contributed by atoms with Gasteiger partial charge in [0.2, 0.25) is 5.91 Å². The van der Waals surface area contributed by atoms with E-state index < -0.39 is 6.09 Å². The first-order valence-electron chi connectivity index (χ1n) is 7.70. The van der Waals surface area contributed by atoms with Crippen LogP contribution in [-0.2, 0) is 9.53 Å². The van der Waals surface area contributed by atoms with Crippen molar-refractivity contribution in [1.82, 2.24) is 15.1 Å². The molecule has 0 spiro atoms. The van der Waals surface area contributed by atoms with Crippen molar-refractivity contribution in [2.45, 2.75) is 44.2 Å². The number of carbonyl (C=O) groups excluding carboxylic acids is 2. The number of nitrogens with one attached hydrogen (secondary N) is 1. The van der Waals surface area contributed by atoms with E-state index >= 15 is 0 Å². The predicted molar refractivity (Wildman–Crippen MR) is 73.3 cm³/mol. The van der Waals surface area contributed by atoms with Crippen LogP contribution in [0.5, 0.6) is 0 Å². The summed E-state index contributed by atoms with van der Waals surface area (Å²) in [5.74, 6) is -0.114. The van der Waals surface area contributed by atoms with Gasteiger partial charge in [-0.15, -0.1) is 0 Å². The number of hydrogen-bond donors (Lipinski definition) is 1. The first-order valence-corrected chi connectivity index (χ1v) is 7.70. The van der Waals surface area contributed by atoms with Crippen molar-refractivity contribution >= 4 is 12.0 Å². The second-order valence-corrected chi connectivity index (χ2v) is 5.90. The molecule has 20 heavy (non-hydrogen) atoms. The van der Waals surface area contributed by atoms with E-state index in [1.165, 1.54) is 24.2 Å². The minimum Gasteiger partial charge on any atom is -0.447 e. The highest BCUT2D eigenvalue weighted by atomic mass is 16.6. The third kappa shape index (κ3) is 2.81. The van der Waals surface area contributed by atoms with E-state index in [1.54, 1.807) is 0 Å². The third-order valence-corrected chi connectivity index (χ3v) is 4.63. The molecule has 6 heteroatoms. The zero-order chi connectivity index (χ0) is 13.9. The molecule has 1 N–H and O–H groups in total. The van der Waals surface area contributed by atoms with Crippen LogP contribution in [0.25, 0.3) is 0 Å². The molecule has 3 fully saturated rings. The second-order valence-electron chi connectivity index (χ2n) is 5.90. The van der Waals surface area contributed by atoms with Gasteiger partial charge >= 0.3 is 6.09 Å². The molecule has 6 nitrogen and oxygen atoms in total. The molecule has 3 heterocycles. The molecule has 0 bridgehead atoms. The molecule has 0 aromatic heterocycles. The molecule has 3 saturated heterocycles. The van der Waals surface area contributed by atoms with Gasteiger partial charge in [0.15, 0.2) is 0 Å². The van der Waals surface area contributed by atoms with Crippen LogP contribution in [0.1, 0.15) is 32.1 Å². The number of carbonyl (C=O) groups is 2. The van der Waals surface area contributed by atoms with Gasteiger partial charge in [-0.3, -0.25) is 9.69 Å². The Morgan fingerprint density at radius 2 is 2.15 bits per heavy atom. The lowest BCUT2D eigenvalue weighted by atomic mass is 9.94. The fourth-order valence-electron chi connectivity index (χ4n) is 3.59. The first kappa shape index (κ1) is 13.8. The van der Waals surface area contributed by atoms with Crippen LogP contribution < -0.4 is 5.32 Å². The third-order valence-electron chi connectivity index (χ3n) is 4.63. The Morgan fingerprint density at radius 1 is 1.25 bits per heavy atom. The predicted octanol–water partition coefficient (Wildman–Crippen LogP) is 0.572. The van der Waals surface area contributed by atoms with Crippen molar-refractivity contribution in [3.63, 3.8) is 0 Å². The Labute approximate surface area is 119 Å². The van der Waals surface area contributed by atoms with Crippen LogP contribution in [0, 0.1) is 0 Å². The van der Waals surface area contributed by atoms with Gasteiger partial charge in [-0.25, -0.2) is 9.69 Å². The van der Waals surface area contributed by atoms with Gasteiger partial charge in [0, 0.05) is 12.1 Å². The maximum atomic E-state index is 12.2. The number of nitrogens with zero attached hydrogens (tertiary/aromatic N) is 2. The summed E-state index contributed by atoms with van der Waals surface area (Å²) in [5, 5.41) is 3.55. The van der Waals surface area contributed by atoms with E-state index in [-0.39, 0.29) is 5.91 Å². The highest BCUT2D eigenvalue weighted by Crippen LogP contribution is 2.24. The van der Waals surface area contributed by atoms with Crippen LogP contribution in [0.3, 0.4) is 0 Å². The standard InChI is InChI=1S/C14H23N3O3/c18-13(17-8-9-20-14(17)19)10-16-7-2-1-5-12(16)11-4-3-6-15-11/h11-12,15H,1-10H2. The molecule has 0 radical (unpaired) electrons. The highest BCUT2D eigenvalue weighted by Gasteiger charge is 2.35. The van der Waals surface area contributed by atoms with E-state index in [9.17, 15) is 9.59 Å². The fraction of sp³-hybridized carbons (Fsp3) is 0.857. The number of amides is 2. The minimum absolute atomic E-state index is 0.114. The Kier molecular flexibility index (Phi) is 4.21. The maximum Gasteiger partial charge on any atom is 0.416 e. The van der Waals surface area contributed by atoms with Gasteiger partial charge in [-0.2, -0.15) is 0 Å². The lowest BCUT2D eigenvalue weighted by Gasteiger charge is -2.39. The number of piperidine rings is 1. The van der Waals surface area contributed by atoms with Crippen molar-refractivity contribution in [2.24, 2.45) is 0 Å². The second kappa shape index (κ2) is 6.10. The van der Waals surface area contributed by atoms with Gasteiger partial charge in [-0.05, 0) is 38.8 Å². The summed E-state index contributed by atoms with van der Waals surface area (Å²) in [5.41, 5.74) is 0. The molecule has 3 aliphatic heterocycles. The average Bonchev–Trinajstić information content (AvgIpc) is 3.10. The topological polar surface area (TPSA) is 61.9 Å². The number of hydrogen-bond acceptors (Lipinski definition) is 5. The van der Waals surface area contributed by atoms with Gasteiger partial charge in [0.1, 0.15) is 6.61 Å². The maximum absolute atomic E-state index is 12.2. The molecule has 3 aliphatic rings. The summed E-state index contributed by atoms with van der Waals surface area (Å²) < 4.78 is 4.84. The van der Waals surface area contributed by atoms with E-state index in [0.29, 0.717) is 31.8 Å². The minimum atomic E-state index is -0.484. The molecule has 0 saturated carbocycles. The molecule has 0 aromatic carbocycles. The van der Waals surface area contributed by atoms with Gasteiger partial charge in [-0.1, -0.05) is 6.42 Å². The lowest BCUT2D eigenvalue weighted by Crippen LogP contribution is -2.53. The monoisotopic (exact) mass is 281 g/mol. The van der Waals surface area contributed by atoms with Crippen LogP contribution in [0.15, 0.2) is 0 Å². The van der Waals surface area contributed by atoms with Crippen LogP contribution in [-0.4, -0.2) is 66.7 Å². The zero-order valence-corrected chi connectivity index (χ0v) is 11.8. The molecule has 0 aliphatic carbocycles. The summed E-state index contributed by atoms with van der Waals surface area (Å²) in [6, 6.07) is 0.947. The molecule has 2 unspecified atom stereocenters. The Hall–Kier alpha value is -1.14. The normalized spacial score (nSPS) is 31.6. The van der Waals surface area contributed by atoms with E-state index in [1.807, 2.05) is 0 Å². The van der Waals surface area contributed by atoms with E-state index in [4.69, 9.17) is 4.74 Å². The zero-order valence-electron chi connectivity index (χ0n) is 11.8. The summed E-state index contributed by atoms with van der Waals surface area (Å²) in [6.07, 6.45) is 5.46. The summed E-state index contributed by atoms with van der Waals surface area (Å²) >= 11 is 0. The van der Waals surface area contributed by atoms with Crippen LogP contribution in [0.4, 0.5) is 4.79 Å². The van der Waals surface area contributed by atoms with E-state index in [0.717, 1.165) is 25.9 Å². The summed E-state index contributed by atoms with van der Waals surface area (Å²) in [4.78, 5) is 27.2. The molecular formula is C14H23N3O3. The molecule has 112 valence electrons. The number of cyclic esters (lactones) is 1. The number of imide groups is 1. The molecular weight excluding hydrogens is 258 g/mol. The molecule has 2 atom stereocenters. The van der Waals surface area contributed by atoms with Crippen molar-refractivity contribution in [3.8, 4) is 0 Å². The molecule has 2 amide bonds. The number of rotatable bonds is 3. The van der Waals surface area contributed by atoms with Crippen LogP contribution in [0.2, 0.25) is 0 Å². The van der Waals surface area contributed by atoms with Gasteiger partial charge < -0.3 is 10.1 Å². The SMILES string of the molecule is O=C(CN1CCCCC1C1CCCN1)N1CCOC1=O. The highest BCUT2D eigenvalue weighted by molar-refractivity contribution is 5.94. The smallest absolute Gasteiger partial charge is 0.416 e. The van der Waals surface area contributed by atoms with Gasteiger partial charge in [0.25, 0.3) is 0 Å². The van der Waals surface area contributed by atoms with Crippen molar-refractivity contribution in [3.05, 3.63) is 0 Å². The van der Waals surface area contributed by atoms with E-state index in [2.05, 4.69) is 10.2 Å². The first-order chi connectivity index (χ1) is 9.75. The number of ether oxygens (including phenoxy) is 1. The lowest BCUT2D eigenvalue weighted by molar-refractivity contribution is -0.130. The summed E-state index contributed by atoms with van der Waals surface area (Å²) in [6.45, 7) is 3.12. The Balaban J connectivity index is 1.61. The van der Waals surface area contributed by atoms with Crippen molar-refractivity contribution < 1.29 is 14.3 Å². The quantitative estimate of drug-likeness (QED) is 0.819. The van der Waals surface area contributed by atoms with Crippen molar-refractivity contribution in [1.29, 1.82) is 0 Å². The fourth-order valence-corrected chi connectivity index (χ4v) is 3.59. The average molecular weight is 281 g/mol. The molecule has 0 aromatic rings. The molecule has 3 rings (SSSR count). The van der Waals surface area contributed by atoms with Gasteiger partial charge in [0.05, 0.1) is 13.1 Å². The Bertz CT molecular complexity index is 382. The largest absolute Gasteiger partial charge is 0.447 e. The van der Waals surface area contributed by atoms with Crippen LogP contribution >= 0.6 is 0 Å².